The predicted octanol–water partition coefficient (Wildman–Crippen LogP) is 2.91. The summed E-state index contributed by atoms with van der Waals surface area (Å²) in [4.78, 5) is 22.7. The maximum Gasteiger partial charge on any atom is 0.349 e. The number of amides is 1. The molecule has 1 aromatic heterocycles. The van der Waals surface area contributed by atoms with Gasteiger partial charge >= 0.3 is 5.97 Å². The Morgan fingerprint density at radius 2 is 2.14 bits per heavy atom. The number of aryl methyl sites for hydroxylation is 1. The van der Waals surface area contributed by atoms with Gasteiger partial charge in [-0.15, -0.1) is 11.3 Å². The van der Waals surface area contributed by atoms with E-state index in [2.05, 4.69) is 5.32 Å². The van der Waals surface area contributed by atoms with Crippen LogP contribution in [-0.4, -0.2) is 23.6 Å². The van der Waals surface area contributed by atoms with Crippen molar-refractivity contribution in [2.24, 2.45) is 0 Å². The van der Waals surface area contributed by atoms with Crippen LogP contribution in [0.15, 0.2) is 29.6 Å². The molecule has 0 aliphatic heterocycles. The van der Waals surface area contributed by atoms with Gasteiger partial charge in [-0.25, -0.2) is 9.18 Å². The van der Waals surface area contributed by atoms with Crippen LogP contribution in [0.3, 0.4) is 0 Å². The maximum atomic E-state index is 13.1. The Labute approximate surface area is 124 Å². The number of rotatable bonds is 5. The van der Waals surface area contributed by atoms with Crippen molar-refractivity contribution in [2.75, 3.05) is 11.9 Å². The van der Waals surface area contributed by atoms with Crippen molar-refractivity contribution < 1.29 is 23.8 Å². The number of aromatic carboxylic acids is 1. The minimum Gasteiger partial charge on any atom is -0.482 e. The Bertz CT molecular complexity index is 683. The SMILES string of the molecule is Cc1ccc(F)cc1NC(=O)COc1ccsc1C(=O)O. The van der Waals surface area contributed by atoms with Crippen molar-refractivity contribution in [2.45, 2.75) is 6.92 Å². The fourth-order valence-corrected chi connectivity index (χ4v) is 2.30. The fourth-order valence-electron chi connectivity index (χ4n) is 1.63. The highest BCUT2D eigenvalue weighted by Crippen LogP contribution is 2.24. The Balaban J connectivity index is 1.98. The Morgan fingerprint density at radius 3 is 2.86 bits per heavy atom. The van der Waals surface area contributed by atoms with Crippen LogP contribution in [0.4, 0.5) is 10.1 Å². The number of benzene rings is 1. The summed E-state index contributed by atoms with van der Waals surface area (Å²) in [6, 6.07) is 5.54. The van der Waals surface area contributed by atoms with E-state index in [9.17, 15) is 14.0 Å². The van der Waals surface area contributed by atoms with Crippen molar-refractivity contribution in [3.63, 3.8) is 0 Å². The van der Waals surface area contributed by atoms with E-state index in [4.69, 9.17) is 9.84 Å². The molecular formula is C14H12FNO4S. The summed E-state index contributed by atoms with van der Waals surface area (Å²) >= 11 is 1.01. The molecule has 21 heavy (non-hydrogen) atoms. The molecule has 1 amide bonds. The number of carbonyl (C=O) groups excluding carboxylic acids is 1. The zero-order valence-corrected chi connectivity index (χ0v) is 11.9. The van der Waals surface area contributed by atoms with E-state index in [1.54, 1.807) is 18.4 Å². The third-order valence-corrected chi connectivity index (χ3v) is 3.54. The summed E-state index contributed by atoms with van der Waals surface area (Å²) in [5, 5.41) is 13.0. The summed E-state index contributed by atoms with van der Waals surface area (Å²) in [6.45, 7) is 1.38. The van der Waals surface area contributed by atoms with E-state index >= 15 is 0 Å². The molecule has 0 radical (unpaired) electrons. The van der Waals surface area contributed by atoms with Gasteiger partial charge in [0.25, 0.3) is 5.91 Å². The van der Waals surface area contributed by atoms with Gasteiger partial charge in [0.1, 0.15) is 11.6 Å². The quantitative estimate of drug-likeness (QED) is 0.890. The molecule has 1 heterocycles. The van der Waals surface area contributed by atoms with Gasteiger partial charge in [-0.05, 0) is 36.1 Å². The standard InChI is InChI=1S/C14H12FNO4S/c1-8-2-3-9(15)6-10(8)16-12(17)7-20-11-4-5-21-13(11)14(18)19/h2-6H,7H2,1H3,(H,16,17)(H,18,19). The largest absolute Gasteiger partial charge is 0.482 e. The van der Waals surface area contributed by atoms with Crippen molar-refractivity contribution in [3.05, 3.63) is 45.9 Å². The molecule has 110 valence electrons. The van der Waals surface area contributed by atoms with Crippen LogP contribution < -0.4 is 10.1 Å². The van der Waals surface area contributed by atoms with Crippen LogP contribution in [0.1, 0.15) is 15.2 Å². The number of hydrogen-bond acceptors (Lipinski definition) is 4. The molecule has 0 aliphatic carbocycles. The molecule has 0 saturated carbocycles. The van der Waals surface area contributed by atoms with Gasteiger partial charge in [-0.1, -0.05) is 6.07 Å². The molecule has 0 aliphatic rings. The van der Waals surface area contributed by atoms with Gasteiger partial charge < -0.3 is 15.2 Å². The topological polar surface area (TPSA) is 75.6 Å². The zero-order chi connectivity index (χ0) is 15.4. The third-order valence-electron chi connectivity index (χ3n) is 2.66. The smallest absolute Gasteiger partial charge is 0.349 e. The average molecular weight is 309 g/mol. The summed E-state index contributed by atoms with van der Waals surface area (Å²) in [6.07, 6.45) is 0. The molecule has 5 nitrogen and oxygen atoms in total. The van der Waals surface area contributed by atoms with Crippen molar-refractivity contribution in [1.29, 1.82) is 0 Å². The van der Waals surface area contributed by atoms with Crippen LogP contribution in [0.25, 0.3) is 0 Å². The second kappa shape index (κ2) is 6.36. The number of carbonyl (C=O) groups is 2. The van der Waals surface area contributed by atoms with Gasteiger partial charge in [0.15, 0.2) is 11.5 Å². The highest BCUT2D eigenvalue weighted by molar-refractivity contribution is 7.12. The molecular weight excluding hydrogens is 297 g/mol. The van der Waals surface area contributed by atoms with Crippen molar-refractivity contribution >= 4 is 28.9 Å². The van der Waals surface area contributed by atoms with Gasteiger partial charge in [-0.3, -0.25) is 4.79 Å². The van der Waals surface area contributed by atoms with Gasteiger partial charge in [0.05, 0.1) is 0 Å². The molecule has 0 unspecified atom stereocenters. The molecule has 2 N–H and O–H groups in total. The van der Waals surface area contributed by atoms with Crippen LogP contribution in [0.2, 0.25) is 0 Å². The lowest BCUT2D eigenvalue weighted by Gasteiger charge is -2.09. The first-order chi connectivity index (χ1) is 9.97. The van der Waals surface area contributed by atoms with E-state index in [1.807, 2.05) is 0 Å². The summed E-state index contributed by atoms with van der Waals surface area (Å²) < 4.78 is 18.3. The maximum absolute atomic E-state index is 13.1. The van der Waals surface area contributed by atoms with E-state index < -0.39 is 17.7 Å². The van der Waals surface area contributed by atoms with Crippen LogP contribution in [0.5, 0.6) is 5.75 Å². The molecule has 0 spiro atoms. The average Bonchev–Trinajstić information content (AvgIpc) is 2.89. The highest BCUT2D eigenvalue weighted by atomic mass is 32.1. The van der Waals surface area contributed by atoms with Gasteiger partial charge in [-0.2, -0.15) is 0 Å². The molecule has 2 rings (SSSR count). The van der Waals surface area contributed by atoms with Gasteiger partial charge in [0, 0.05) is 5.69 Å². The normalized spacial score (nSPS) is 10.2. The number of nitrogens with one attached hydrogen (secondary N) is 1. The van der Waals surface area contributed by atoms with Crippen molar-refractivity contribution in [1.82, 2.24) is 0 Å². The van der Waals surface area contributed by atoms with E-state index in [1.165, 1.54) is 18.2 Å². The number of ether oxygens (including phenoxy) is 1. The van der Waals surface area contributed by atoms with Crippen molar-refractivity contribution in [3.8, 4) is 5.75 Å². The van der Waals surface area contributed by atoms with E-state index in [-0.39, 0.29) is 17.2 Å². The van der Waals surface area contributed by atoms with Crippen LogP contribution in [-0.2, 0) is 4.79 Å². The fraction of sp³-hybridized carbons (Fsp3) is 0.143. The lowest BCUT2D eigenvalue weighted by molar-refractivity contribution is -0.118. The lowest BCUT2D eigenvalue weighted by Crippen LogP contribution is -2.21. The molecule has 1 aromatic carbocycles. The Hall–Kier alpha value is -2.41. The first-order valence-electron chi connectivity index (χ1n) is 5.97. The van der Waals surface area contributed by atoms with Crippen LogP contribution >= 0.6 is 11.3 Å². The summed E-state index contributed by atoms with van der Waals surface area (Å²) in [5.41, 5.74) is 1.07. The molecule has 2 aromatic rings. The highest BCUT2D eigenvalue weighted by Gasteiger charge is 2.14. The second-order valence-electron chi connectivity index (χ2n) is 4.22. The lowest BCUT2D eigenvalue weighted by atomic mass is 10.2. The molecule has 7 heteroatoms. The Morgan fingerprint density at radius 1 is 1.38 bits per heavy atom. The number of halogens is 1. The van der Waals surface area contributed by atoms with Gasteiger partial charge in [0.2, 0.25) is 0 Å². The minimum absolute atomic E-state index is 0.0322. The monoisotopic (exact) mass is 309 g/mol. The number of anilines is 1. The number of carboxylic acid groups (broad SMARTS) is 1. The summed E-state index contributed by atoms with van der Waals surface area (Å²) in [5.74, 6) is -1.92. The second-order valence-corrected chi connectivity index (χ2v) is 5.13. The molecule has 0 atom stereocenters. The third kappa shape index (κ3) is 3.79. The van der Waals surface area contributed by atoms with E-state index in [0.717, 1.165) is 11.3 Å². The first-order valence-corrected chi connectivity index (χ1v) is 6.85. The number of thiophene rings is 1. The predicted molar refractivity (Wildman–Crippen MR) is 76.5 cm³/mol. The number of hydrogen-bond donors (Lipinski definition) is 2. The molecule has 0 saturated heterocycles. The minimum atomic E-state index is -1.11. The van der Waals surface area contributed by atoms with E-state index in [0.29, 0.717) is 11.3 Å². The molecule has 0 fully saturated rings. The first kappa shape index (κ1) is 15.0. The Kier molecular flexibility index (Phi) is 4.54. The van der Waals surface area contributed by atoms with Crippen LogP contribution in [0, 0.1) is 12.7 Å². The zero-order valence-electron chi connectivity index (χ0n) is 11.1. The summed E-state index contributed by atoms with van der Waals surface area (Å²) in [7, 11) is 0. The molecule has 0 bridgehead atoms. The number of carboxylic acids is 1.